The van der Waals surface area contributed by atoms with E-state index >= 15 is 0 Å². The van der Waals surface area contributed by atoms with Crippen LogP contribution in [0.3, 0.4) is 0 Å². The normalized spacial score (nSPS) is 20.3. The molecular formula is C24H33NO4. The number of aryl methyl sites for hydroxylation is 2. The largest absolute Gasteiger partial charge is 0.464 e. The number of piperidine rings is 1. The highest BCUT2D eigenvalue weighted by Gasteiger charge is 2.38. The molecule has 1 aliphatic heterocycles. The summed E-state index contributed by atoms with van der Waals surface area (Å²) in [7, 11) is 0. The SMILES string of the molecule is Cc1ccc(CCCOC(=O)C2CCCCN2C(=O)C(=O)C2CCCCC2)cc1. The van der Waals surface area contributed by atoms with Gasteiger partial charge >= 0.3 is 5.97 Å². The molecule has 1 aromatic carbocycles. The van der Waals surface area contributed by atoms with E-state index in [0.29, 0.717) is 19.6 Å². The number of hydrogen-bond acceptors (Lipinski definition) is 4. The van der Waals surface area contributed by atoms with Crippen LogP contribution in [0.2, 0.25) is 0 Å². The topological polar surface area (TPSA) is 63.7 Å². The summed E-state index contributed by atoms with van der Waals surface area (Å²) < 4.78 is 5.49. The van der Waals surface area contributed by atoms with Gasteiger partial charge in [0, 0.05) is 12.5 Å². The highest BCUT2D eigenvalue weighted by Crippen LogP contribution is 2.26. The Morgan fingerprint density at radius 2 is 1.66 bits per heavy atom. The molecule has 1 saturated carbocycles. The Morgan fingerprint density at radius 3 is 2.38 bits per heavy atom. The first-order valence-electron chi connectivity index (χ1n) is 11.1. The highest BCUT2D eigenvalue weighted by atomic mass is 16.5. The quantitative estimate of drug-likeness (QED) is 0.395. The van der Waals surface area contributed by atoms with Crippen molar-refractivity contribution in [2.24, 2.45) is 5.92 Å². The number of ether oxygens (including phenoxy) is 1. The third kappa shape index (κ3) is 5.91. The first-order chi connectivity index (χ1) is 14.1. The van der Waals surface area contributed by atoms with Gasteiger partial charge < -0.3 is 9.64 Å². The highest BCUT2D eigenvalue weighted by molar-refractivity contribution is 6.37. The van der Waals surface area contributed by atoms with Gasteiger partial charge in [-0.1, -0.05) is 49.1 Å². The van der Waals surface area contributed by atoms with Crippen molar-refractivity contribution in [1.82, 2.24) is 4.90 Å². The fourth-order valence-electron chi connectivity index (χ4n) is 4.40. The molecule has 0 radical (unpaired) electrons. The number of ketones is 1. The van der Waals surface area contributed by atoms with E-state index in [-0.39, 0.29) is 17.7 Å². The van der Waals surface area contributed by atoms with Gasteiger partial charge in [0.2, 0.25) is 5.78 Å². The van der Waals surface area contributed by atoms with Gasteiger partial charge in [-0.2, -0.15) is 0 Å². The van der Waals surface area contributed by atoms with Crippen LogP contribution in [0.15, 0.2) is 24.3 Å². The lowest BCUT2D eigenvalue weighted by molar-refractivity contribution is -0.160. The number of nitrogens with zero attached hydrogens (tertiary/aromatic N) is 1. The van der Waals surface area contributed by atoms with Crippen LogP contribution in [0.1, 0.15) is 68.9 Å². The second-order valence-corrected chi connectivity index (χ2v) is 8.47. The average molecular weight is 400 g/mol. The van der Waals surface area contributed by atoms with E-state index in [0.717, 1.165) is 57.8 Å². The van der Waals surface area contributed by atoms with Gasteiger partial charge in [-0.25, -0.2) is 4.79 Å². The minimum atomic E-state index is -0.608. The van der Waals surface area contributed by atoms with Gasteiger partial charge in [0.1, 0.15) is 6.04 Å². The number of carbonyl (C=O) groups is 3. The summed E-state index contributed by atoms with van der Waals surface area (Å²) >= 11 is 0. The van der Waals surface area contributed by atoms with Crippen LogP contribution in [-0.4, -0.2) is 41.8 Å². The molecule has 1 saturated heterocycles. The summed E-state index contributed by atoms with van der Waals surface area (Å²) in [5, 5.41) is 0. The van der Waals surface area contributed by atoms with Crippen LogP contribution in [0, 0.1) is 12.8 Å². The molecule has 2 fully saturated rings. The lowest BCUT2D eigenvalue weighted by atomic mass is 9.85. The fraction of sp³-hybridized carbons (Fsp3) is 0.625. The number of Topliss-reactive ketones (excluding diaryl/α,β-unsaturated/α-hetero) is 1. The second-order valence-electron chi connectivity index (χ2n) is 8.47. The zero-order valence-electron chi connectivity index (χ0n) is 17.5. The van der Waals surface area contributed by atoms with E-state index in [9.17, 15) is 14.4 Å². The first kappa shape index (κ1) is 21.5. The van der Waals surface area contributed by atoms with Gasteiger partial charge in [-0.05, 0) is 57.4 Å². The number of esters is 1. The number of rotatable bonds is 7. The van der Waals surface area contributed by atoms with Crippen molar-refractivity contribution >= 4 is 17.7 Å². The molecule has 5 heteroatoms. The Bertz CT molecular complexity index is 706. The van der Waals surface area contributed by atoms with Gasteiger partial charge in [0.15, 0.2) is 0 Å². The van der Waals surface area contributed by atoms with Gasteiger partial charge in [-0.3, -0.25) is 9.59 Å². The number of hydrogen-bond donors (Lipinski definition) is 0. The lowest BCUT2D eigenvalue weighted by Crippen LogP contribution is -2.52. The molecule has 1 heterocycles. The molecule has 29 heavy (non-hydrogen) atoms. The van der Waals surface area contributed by atoms with Gasteiger partial charge in [0.25, 0.3) is 5.91 Å². The standard InChI is InChI=1S/C24H33NO4/c1-18-12-14-19(15-13-18)8-7-17-29-24(28)21-11-5-6-16-25(21)23(27)22(26)20-9-3-2-4-10-20/h12-15,20-21H,2-11,16-17H2,1H3. The Labute approximate surface area is 173 Å². The number of likely N-dealkylation sites (tertiary alicyclic amines) is 1. The summed E-state index contributed by atoms with van der Waals surface area (Å²) in [4.78, 5) is 39.6. The molecule has 0 bridgehead atoms. The third-order valence-corrected chi connectivity index (χ3v) is 6.20. The fourth-order valence-corrected chi connectivity index (χ4v) is 4.40. The Kier molecular flexibility index (Phi) is 7.84. The number of carbonyl (C=O) groups excluding carboxylic acids is 3. The van der Waals surface area contributed by atoms with Crippen LogP contribution in [0.4, 0.5) is 0 Å². The lowest BCUT2D eigenvalue weighted by Gasteiger charge is -2.34. The van der Waals surface area contributed by atoms with Crippen LogP contribution >= 0.6 is 0 Å². The molecule has 1 atom stereocenters. The van der Waals surface area contributed by atoms with Crippen molar-refractivity contribution < 1.29 is 19.1 Å². The summed E-state index contributed by atoms with van der Waals surface area (Å²) in [5.74, 6) is -1.30. The van der Waals surface area contributed by atoms with Crippen LogP contribution in [-0.2, 0) is 25.5 Å². The maximum absolute atomic E-state index is 12.8. The minimum Gasteiger partial charge on any atom is -0.464 e. The molecule has 1 unspecified atom stereocenters. The molecule has 1 amide bonds. The van der Waals surface area contributed by atoms with Gasteiger partial charge in [-0.15, -0.1) is 0 Å². The molecule has 5 nitrogen and oxygen atoms in total. The van der Waals surface area contributed by atoms with E-state index in [1.807, 2.05) is 0 Å². The number of benzene rings is 1. The molecule has 2 aliphatic rings. The minimum absolute atomic E-state index is 0.163. The Balaban J connectivity index is 1.49. The molecule has 158 valence electrons. The number of amides is 1. The maximum atomic E-state index is 12.8. The summed E-state index contributed by atoms with van der Waals surface area (Å²) in [6, 6.07) is 7.74. The monoisotopic (exact) mass is 399 g/mol. The third-order valence-electron chi connectivity index (χ3n) is 6.20. The smallest absolute Gasteiger partial charge is 0.328 e. The van der Waals surface area contributed by atoms with E-state index in [1.165, 1.54) is 16.0 Å². The van der Waals surface area contributed by atoms with Gasteiger partial charge in [0.05, 0.1) is 6.61 Å². The summed E-state index contributed by atoms with van der Waals surface area (Å²) in [5.41, 5.74) is 2.45. The Morgan fingerprint density at radius 1 is 0.966 bits per heavy atom. The van der Waals surface area contributed by atoms with E-state index in [1.54, 1.807) is 0 Å². The zero-order chi connectivity index (χ0) is 20.6. The molecule has 0 spiro atoms. The van der Waals surface area contributed by atoms with Crippen molar-refractivity contribution in [3.8, 4) is 0 Å². The molecule has 0 N–H and O–H groups in total. The Hall–Kier alpha value is -2.17. The molecule has 3 rings (SSSR count). The van der Waals surface area contributed by atoms with Crippen molar-refractivity contribution in [2.45, 2.75) is 77.2 Å². The predicted molar refractivity (Wildman–Crippen MR) is 111 cm³/mol. The molecule has 1 aromatic rings. The molecular weight excluding hydrogens is 366 g/mol. The molecule has 1 aliphatic carbocycles. The van der Waals surface area contributed by atoms with Crippen molar-refractivity contribution in [1.29, 1.82) is 0 Å². The van der Waals surface area contributed by atoms with Crippen LogP contribution < -0.4 is 0 Å². The van der Waals surface area contributed by atoms with Crippen molar-refractivity contribution in [3.05, 3.63) is 35.4 Å². The average Bonchev–Trinajstić information content (AvgIpc) is 2.77. The second kappa shape index (κ2) is 10.6. The first-order valence-corrected chi connectivity index (χ1v) is 11.1. The van der Waals surface area contributed by atoms with Crippen molar-refractivity contribution in [2.75, 3.05) is 13.2 Å². The predicted octanol–water partition coefficient (Wildman–Crippen LogP) is 4.00. The van der Waals surface area contributed by atoms with E-state index < -0.39 is 11.9 Å². The van der Waals surface area contributed by atoms with E-state index in [2.05, 4.69) is 31.2 Å². The molecule has 0 aromatic heterocycles. The van der Waals surface area contributed by atoms with Crippen LogP contribution in [0.25, 0.3) is 0 Å². The van der Waals surface area contributed by atoms with Crippen LogP contribution in [0.5, 0.6) is 0 Å². The zero-order valence-corrected chi connectivity index (χ0v) is 17.5. The summed E-state index contributed by atoms with van der Waals surface area (Å²) in [6.45, 7) is 2.87. The van der Waals surface area contributed by atoms with E-state index in [4.69, 9.17) is 4.74 Å². The summed E-state index contributed by atoms with van der Waals surface area (Å²) in [6.07, 6.45) is 8.65. The van der Waals surface area contributed by atoms with Crippen molar-refractivity contribution in [3.63, 3.8) is 0 Å². The maximum Gasteiger partial charge on any atom is 0.328 e.